The van der Waals surface area contributed by atoms with Gasteiger partial charge in [-0.15, -0.1) is 15.3 Å². The first-order chi connectivity index (χ1) is 20.8. The highest BCUT2D eigenvalue weighted by atomic mass is 16.9. The number of aromatic amines is 6. The lowest BCUT2D eigenvalue weighted by atomic mass is 9.81. The Kier molecular flexibility index (Phi) is 13.6. The van der Waals surface area contributed by atoms with E-state index in [1.165, 1.54) is 84.2 Å². The number of aryl methyl sites for hydroxylation is 6. The van der Waals surface area contributed by atoms with Crippen LogP contribution < -0.4 is 15.3 Å². The highest BCUT2D eigenvalue weighted by Crippen LogP contribution is 2.33. The molecule has 0 amide bonds. The van der Waals surface area contributed by atoms with Crippen molar-refractivity contribution in [2.24, 2.45) is 0 Å². The van der Waals surface area contributed by atoms with Gasteiger partial charge in [-0.1, -0.05) is 0 Å². The summed E-state index contributed by atoms with van der Waals surface area (Å²) in [4.78, 5) is 24.8. The number of aromatic nitrogens is 6. The van der Waals surface area contributed by atoms with E-state index in [0.29, 0.717) is 0 Å². The fraction of sp³-hybridized carbons (Fsp3) is 0.444. The SMILES string of the molecule is Cc1[nH][nH+]c(C)c1Cc1c(C)c(Cc2c(C)[nH][nH+]c2C)c(C)c(Cc2c(C)[nH][nH+]c2C)c1C.O=[N+]([O-])[O-].O=[N+]([O-])[O-].O=[N+]([O-])[O-]. The van der Waals surface area contributed by atoms with Crippen molar-refractivity contribution in [2.45, 2.75) is 81.6 Å². The summed E-state index contributed by atoms with van der Waals surface area (Å²) in [6, 6.07) is 0. The molecule has 0 aliphatic heterocycles. The molecule has 4 rings (SSSR count). The minimum atomic E-state index is -1.75. The van der Waals surface area contributed by atoms with Gasteiger partial charge in [0.15, 0.2) is 0 Å². The first kappa shape index (κ1) is 37.5. The summed E-state index contributed by atoms with van der Waals surface area (Å²) in [5, 5.41) is 64.0. The normalized spacial score (nSPS) is 10.1. The molecule has 0 atom stereocenters. The van der Waals surface area contributed by atoms with Crippen LogP contribution in [0.1, 0.15) is 84.2 Å². The third kappa shape index (κ3) is 10.6. The molecule has 6 N–H and O–H groups in total. The lowest BCUT2D eigenvalue weighted by Crippen LogP contribution is -2.12. The summed E-state index contributed by atoms with van der Waals surface area (Å²) < 4.78 is 0. The van der Waals surface area contributed by atoms with E-state index < -0.39 is 15.3 Å². The van der Waals surface area contributed by atoms with Crippen LogP contribution in [0.3, 0.4) is 0 Å². The number of nitrogens with one attached hydrogen (secondary N) is 6. The van der Waals surface area contributed by atoms with Gasteiger partial charge < -0.3 is 46.0 Å². The molecule has 0 radical (unpaired) electrons. The Morgan fingerprint density at radius 3 is 0.733 bits per heavy atom. The second kappa shape index (κ2) is 16.3. The Bertz CT molecular complexity index is 1370. The van der Waals surface area contributed by atoms with Gasteiger partial charge in [0.05, 0.1) is 32.3 Å². The maximum atomic E-state index is 8.25. The van der Waals surface area contributed by atoms with Gasteiger partial charge in [0.1, 0.15) is 0 Å². The first-order valence-corrected chi connectivity index (χ1v) is 13.5. The Hall–Kier alpha value is -5.55. The van der Waals surface area contributed by atoms with Gasteiger partial charge in [-0.05, 0) is 74.9 Å². The van der Waals surface area contributed by atoms with Crippen molar-refractivity contribution in [1.29, 1.82) is 0 Å². The van der Waals surface area contributed by atoms with Gasteiger partial charge in [0.25, 0.3) is 0 Å². The quantitative estimate of drug-likeness (QED) is 0.207. The van der Waals surface area contributed by atoms with Crippen molar-refractivity contribution in [3.05, 3.63) is 130 Å². The summed E-state index contributed by atoms with van der Waals surface area (Å²) >= 11 is 0. The Balaban J connectivity index is 0.000000724. The molecule has 0 unspecified atom stereocenters. The number of H-pyrrole nitrogens is 6. The molecule has 246 valence electrons. The number of benzene rings is 1. The summed E-state index contributed by atoms with van der Waals surface area (Å²) in [7, 11) is 0. The summed E-state index contributed by atoms with van der Waals surface area (Å²) in [5.41, 5.74) is 20.0. The zero-order valence-corrected chi connectivity index (χ0v) is 26.6. The van der Waals surface area contributed by atoms with E-state index in [1.54, 1.807) is 0 Å². The number of nitrogens with zero attached hydrogens (tertiary/aromatic N) is 3. The average molecular weight is 634 g/mol. The summed E-state index contributed by atoms with van der Waals surface area (Å²) in [6.45, 7) is 19.9. The molecule has 1 aromatic carbocycles. The summed E-state index contributed by atoms with van der Waals surface area (Å²) in [5.74, 6) is 0. The van der Waals surface area contributed by atoms with Gasteiger partial charge in [-0.2, -0.15) is 15.3 Å². The maximum absolute atomic E-state index is 8.25. The lowest BCUT2D eigenvalue weighted by molar-refractivity contribution is -0.458. The molecule has 45 heavy (non-hydrogen) atoms. The third-order valence-corrected chi connectivity index (χ3v) is 7.81. The molecule has 0 fully saturated rings. The van der Waals surface area contributed by atoms with Crippen LogP contribution >= 0.6 is 0 Å². The topological polar surface area (TPSA) is 288 Å². The van der Waals surface area contributed by atoms with Crippen molar-refractivity contribution in [1.82, 2.24) is 15.3 Å². The molecular formula is C27H39N9O9. The van der Waals surface area contributed by atoms with Crippen LogP contribution in [0.15, 0.2) is 0 Å². The smallest absolute Gasteiger partial charge is 0.205 e. The Morgan fingerprint density at radius 1 is 0.422 bits per heavy atom. The van der Waals surface area contributed by atoms with Crippen molar-refractivity contribution in [2.75, 3.05) is 0 Å². The van der Waals surface area contributed by atoms with Crippen LogP contribution in [0.4, 0.5) is 0 Å². The molecule has 0 saturated carbocycles. The van der Waals surface area contributed by atoms with Crippen LogP contribution in [0.5, 0.6) is 0 Å². The van der Waals surface area contributed by atoms with Crippen molar-refractivity contribution < 1.29 is 30.6 Å². The standard InChI is InChI=1S/C27H36N6.3NO3/c1-13-22(10-25-16(4)28-29-17(25)5)14(2)24(12-27-20(8)32-33-21(27)9)15(3)23(13)11-26-18(6)30-31-19(26)7;3*2-1(3)4/h10-12H2,1-9H3,(H,28,29)(H,30,31)(H,32,33);;;/q;3*-1/p+3. The van der Waals surface area contributed by atoms with Crippen LogP contribution in [-0.2, 0) is 19.3 Å². The van der Waals surface area contributed by atoms with Gasteiger partial charge >= 0.3 is 0 Å². The zero-order valence-electron chi connectivity index (χ0n) is 26.6. The average Bonchev–Trinajstić information content (AvgIpc) is 3.52. The largest absolute Gasteiger partial charge is 0.356 e. The number of hydrogen-bond donors (Lipinski definition) is 3. The highest BCUT2D eigenvalue weighted by molar-refractivity contribution is 5.55. The third-order valence-electron chi connectivity index (χ3n) is 7.81. The maximum Gasteiger partial charge on any atom is 0.205 e. The van der Waals surface area contributed by atoms with Gasteiger partial charge in [0.2, 0.25) is 17.1 Å². The Labute approximate surface area is 257 Å². The van der Waals surface area contributed by atoms with Crippen LogP contribution in [0, 0.1) is 108 Å². The van der Waals surface area contributed by atoms with E-state index in [2.05, 4.69) is 92.9 Å². The summed E-state index contributed by atoms with van der Waals surface area (Å²) in [6.07, 6.45) is 2.80. The van der Waals surface area contributed by atoms with Crippen molar-refractivity contribution >= 4 is 0 Å². The van der Waals surface area contributed by atoms with Crippen LogP contribution in [0.25, 0.3) is 0 Å². The number of hydrogen-bond acceptors (Lipinski definition) is 9. The highest BCUT2D eigenvalue weighted by Gasteiger charge is 2.24. The van der Waals surface area contributed by atoms with E-state index in [0.717, 1.165) is 19.3 Å². The van der Waals surface area contributed by atoms with E-state index in [4.69, 9.17) is 46.0 Å². The van der Waals surface area contributed by atoms with Gasteiger partial charge in [-0.25, -0.2) is 0 Å². The van der Waals surface area contributed by atoms with Crippen LogP contribution in [0.2, 0.25) is 0 Å². The molecule has 18 nitrogen and oxygen atoms in total. The molecule has 0 saturated heterocycles. The van der Waals surface area contributed by atoms with Crippen molar-refractivity contribution in [3.8, 4) is 0 Å². The minimum Gasteiger partial charge on any atom is -0.356 e. The Morgan fingerprint density at radius 2 is 0.600 bits per heavy atom. The van der Waals surface area contributed by atoms with Gasteiger partial charge in [-0.3, -0.25) is 0 Å². The molecule has 3 aromatic heterocycles. The zero-order chi connectivity index (χ0) is 34.8. The van der Waals surface area contributed by atoms with Gasteiger partial charge in [0, 0.05) is 56.7 Å². The van der Waals surface area contributed by atoms with Crippen molar-refractivity contribution in [3.63, 3.8) is 0 Å². The first-order valence-electron chi connectivity index (χ1n) is 13.5. The van der Waals surface area contributed by atoms with Crippen LogP contribution in [-0.4, -0.2) is 30.6 Å². The predicted octanol–water partition coefficient (Wildman–Crippen LogP) is 2.94. The molecule has 0 bridgehead atoms. The molecule has 4 aromatic rings. The molecule has 18 heteroatoms. The number of rotatable bonds is 6. The predicted molar refractivity (Wildman–Crippen MR) is 161 cm³/mol. The van der Waals surface area contributed by atoms with E-state index >= 15 is 0 Å². The molecule has 0 aliphatic rings. The minimum absolute atomic E-state index is 0.935. The molecular weight excluding hydrogens is 594 g/mol. The fourth-order valence-electron chi connectivity index (χ4n) is 5.37. The second-order valence-electron chi connectivity index (χ2n) is 10.4. The monoisotopic (exact) mass is 633 g/mol. The molecule has 3 heterocycles. The molecule has 0 aliphatic carbocycles. The van der Waals surface area contributed by atoms with E-state index in [9.17, 15) is 0 Å². The lowest BCUT2D eigenvalue weighted by Gasteiger charge is -2.22. The fourth-order valence-corrected chi connectivity index (χ4v) is 5.37. The van der Waals surface area contributed by atoms with E-state index in [-0.39, 0.29) is 0 Å². The second-order valence-corrected chi connectivity index (χ2v) is 10.4. The van der Waals surface area contributed by atoms with E-state index in [1.807, 2.05) is 0 Å². The molecule has 0 spiro atoms.